The van der Waals surface area contributed by atoms with Gasteiger partial charge in [0.2, 0.25) is 10.0 Å². The summed E-state index contributed by atoms with van der Waals surface area (Å²) < 4.78 is 26.8. The summed E-state index contributed by atoms with van der Waals surface area (Å²) in [6.07, 6.45) is 8.98. The van der Waals surface area contributed by atoms with Gasteiger partial charge in [0.1, 0.15) is 10.7 Å². The standard InChI is InChI=1S/C16H24N4O2S/c1-19-9-11-20(12-10-19)23(21,22)15-7-8-16(17-13-15)18-14-5-3-2-4-6-14/h2-3,7-8,13-14H,4-6,9-12H2,1H3,(H,17,18). The molecular weight excluding hydrogens is 312 g/mol. The summed E-state index contributed by atoms with van der Waals surface area (Å²) in [5, 5.41) is 3.37. The van der Waals surface area contributed by atoms with Crippen LogP contribution in [0.1, 0.15) is 19.3 Å². The molecule has 126 valence electrons. The minimum Gasteiger partial charge on any atom is -0.367 e. The fourth-order valence-corrected chi connectivity index (χ4v) is 4.30. The van der Waals surface area contributed by atoms with Gasteiger partial charge in [0, 0.05) is 38.4 Å². The summed E-state index contributed by atoms with van der Waals surface area (Å²) in [7, 11) is -1.42. The van der Waals surface area contributed by atoms with Crippen molar-refractivity contribution < 1.29 is 8.42 Å². The first kappa shape index (κ1) is 16.4. The molecule has 1 unspecified atom stereocenters. The Balaban J connectivity index is 1.67. The lowest BCUT2D eigenvalue weighted by Gasteiger charge is -2.31. The van der Waals surface area contributed by atoms with Gasteiger partial charge in [0.15, 0.2) is 0 Å². The predicted octanol–water partition coefficient (Wildman–Crippen LogP) is 1.54. The van der Waals surface area contributed by atoms with Crippen molar-refractivity contribution in [2.45, 2.75) is 30.2 Å². The Morgan fingerprint density at radius 2 is 1.96 bits per heavy atom. The molecule has 1 N–H and O–H groups in total. The summed E-state index contributed by atoms with van der Waals surface area (Å²) >= 11 is 0. The van der Waals surface area contributed by atoms with Crippen LogP contribution in [0.5, 0.6) is 0 Å². The van der Waals surface area contributed by atoms with Gasteiger partial charge in [-0.3, -0.25) is 0 Å². The summed E-state index contributed by atoms with van der Waals surface area (Å²) in [4.78, 5) is 6.71. The van der Waals surface area contributed by atoms with Gasteiger partial charge in [-0.2, -0.15) is 4.31 Å². The second-order valence-electron chi connectivity index (χ2n) is 6.21. The van der Waals surface area contributed by atoms with Gasteiger partial charge in [-0.05, 0) is 38.4 Å². The number of nitrogens with zero attached hydrogens (tertiary/aromatic N) is 3. The van der Waals surface area contributed by atoms with Crippen LogP contribution in [0.2, 0.25) is 0 Å². The Kier molecular flexibility index (Phi) is 4.99. The molecule has 1 saturated heterocycles. The van der Waals surface area contributed by atoms with E-state index in [1.54, 1.807) is 16.4 Å². The first-order chi connectivity index (χ1) is 11.1. The quantitative estimate of drug-likeness (QED) is 0.845. The molecule has 1 aliphatic carbocycles. The van der Waals surface area contributed by atoms with Crippen molar-refractivity contribution in [2.75, 3.05) is 38.5 Å². The van der Waals surface area contributed by atoms with Gasteiger partial charge in [0.25, 0.3) is 0 Å². The fourth-order valence-electron chi connectivity index (χ4n) is 2.93. The predicted molar refractivity (Wildman–Crippen MR) is 90.9 cm³/mol. The van der Waals surface area contributed by atoms with Crippen molar-refractivity contribution in [1.29, 1.82) is 0 Å². The molecule has 1 aromatic rings. The van der Waals surface area contributed by atoms with E-state index in [4.69, 9.17) is 0 Å². The van der Waals surface area contributed by atoms with Gasteiger partial charge in [-0.1, -0.05) is 12.2 Å². The van der Waals surface area contributed by atoms with E-state index in [0.717, 1.165) is 38.2 Å². The van der Waals surface area contributed by atoms with Crippen molar-refractivity contribution in [2.24, 2.45) is 0 Å². The van der Waals surface area contributed by atoms with Gasteiger partial charge >= 0.3 is 0 Å². The second kappa shape index (κ2) is 6.98. The number of allylic oxidation sites excluding steroid dienone is 1. The average Bonchev–Trinajstić information content (AvgIpc) is 2.57. The lowest BCUT2D eigenvalue weighted by Crippen LogP contribution is -2.47. The Labute approximate surface area is 138 Å². The largest absolute Gasteiger partial charge is 0.367 e. The summed E-state index contributed by atoms with van der Waals surface area (Å²) in [5.41, 5.74) is 0. The van der Waals surface area contributed by atoms with Gasteiger partial charge in [-0.15, -0.1) is 0 Å². The molecule has 0 radical (unpaired) electrons. The maximum absolute atomic E-state index is 12.6. The minimum atomic E-state index is -3.43. The molecule has 0 amide bonds. The zero-order valence-electron chi connectivity index (χ0n) is 13.5. The third-order valence-corrected chi connectivity index (χ3v) is 6.34. The number of pyridine rings is 1. The molecule has 3 rings (SSSR count). The first-order valence-electron chi connectivity index (χ1n) is 8.12. The Hall–Kier alpha value is -1.44. The Bertz CT molecular complexity index is 649. The second-order valence-corrected chi connectivity index (χ2v) is 8.15. The van der Waals surface area contributed by atoms with Crippen molar-refractivity contribution >= 4 is 15.8 Å². The number of nitrogens with one attached hydrogen (secondary N) is 1. The van der Waals surface area contributed by atoms with E-state index < -0.39 is 10.0 Å². The average molecular weight is 336 g/mol. The van der Waals surface area contributed by atoms with Crippen LogP contribution < -0.4 is 5.32 Å². The highest BCUT2D eigenvalue weighted by molar-refractivity contribution is 7.89. The molecule has 1 aliphatic heterocycles. The van der Waals surface area contributed by atoms with E-state index in [-0.39, 0.29) is 4.90 Å². The highest BCUT2D eigenvalue weighted by atomic mass is 32.2. The number of hydrogen-bond acceptors (Lipinski definition) is 5. The molecule has 2 aliphatic rings. The van der Waals surface area contributed by atoms with E-state index >= 15 is 0 Å². The van der Waals surface area contributed by atoms with Crippen LogP contribution in [-0.4, -0.2) is 61.9 Å². The molecule has 2 heterocycles. The molecule has 0 aromatic carbocycles. The maximum atomic E-state index is 12.6. The normalized spacial score (nSPS) is 23.8. The van der Waals surface area contributed by atoms with Crippen molar-refractivity contribution in [1.82, 2.24) is 14.2 Å². The van der Waals surface area contributed by atoms with Gasteiger partial charge < -0.3 is 10.2 Å². The minimum absolute atomic E-state index is 0.274. The zero-order valence-corrected chi connectivity index (χ0v) is 14.3. The van der Waals surface area contributed by atoms with Crippen molar-refractivity contribution in [3.8, 4) is 0 Å². The van der Waals surface area contributed by atoms with Gasteiger partial charge in [0.05, 0.1) is 0 Å². The van der Waals surface area contributed by atoms with E-state index in [2.05, 4.69) is 27.4 Å². The number of rotatable bonds is 4. The van der Waals surface area contributed by atoms with E-state index in [0.29, 0.717) is 19.1 Å². The number of piperazine rings is 1. The van der Waals surface area contributed by atoms with Crippen molar-refractivity contribution in [3.63, 3.8) is 0 Å². The number of aromatic nitrogens is 1. The monoisotopic (exact) mass is 336 g/mol. The first-order valence-corrected chi connectivity index (χ1v) is 9.56. The summed E-state index contributed by atoms with van der Waals surface area (Å²) in [6, 6.07) is 3.80. The van der Waals surface area contributed by atoms with E-state index in [1.807, 2.05) is 7.05 Å². The van der Waals surface area contributed by atoms with Crippen LogP contribution in [0.3, 0.4) is 0 Å². The third-order valence-electron chi connectivity index (χ3n) is 4.46. The molecule has 6 nitrogen and oxygen atoms in total. The van der Waals surface area contributed by atoms with Crippen LogP contribution in [0.4, 0.5) is 5.82 Å². The highest BCUT2D eigenvalue weighted by Gasteiger charge is 2.27. The third kappa shape index (κ3) is 3.91. The smallest absolute Gasteiger partial charge is 0.244 e. The lowest BCUT2D eigenvalue weighted by molar-refractivity contribution is 0.222. The van der Waals surface area contributed by atoms with E-state index in [9.17, 15) is 8.42 Å². The number of likely N-dealkylation sites (N-methyl/N-ethyl adjacent to an activating group) is 1. The van der Waals surface area contributed by atoms with Crippen LogP contribution in [-0.2, 0) is 10.0 Å². The topological polar surface area (TPSA) is 65.5 Å². The van der Waals surface area contributed by atoms with Gasteiger partial charge in [-0.25, -0.2) is 13.4 Å². The molecule has 1 fully saturated rings. The molecule has 0 saturated carbocycles. The van der Waals surface area contributed by atoms with Crippen LogP contribution in [0.25, 0.3) is 0 Å². The van der Waals surface area contributed by atoms with Crippen LogP contribution in [0.15, 0.2) is 35.4 Å². The highest BCUT2D eigenvalue weighted by Crippen LogP contribution is 2.20. The number of sulfonamides is 1. The molecule has 23 heavy (non-hydrogen) atoms. The number of anilines is 1. The maximum Gasteiger partial charge on any atom is 0.244 e. The molecular formula is C16H24N4O2S. The summed E-state index contributed by atoms with van der Waals surface area (Å²) in [5.74, 6) is 0.739. The molecule has 1 atom stereocenters. The summed E-state index contributed by atoms with van der Waals surface area (Å²) in [6.45, 7) is 2.60. The zero-order chi connectivity index (χ0) is 16.3. The molecule has 0 bridgehead atoms. The SMILES string of the molecule is CN1CCN(S(=O)(=O)c2ccc(NC3CC=CCC3)nc2)CC1. The van der Waals surface area contributed by atoms with E-state index in [1.165, 1.54) is 6.20 Å². The Morgan fingerprint density at radius 1 is 1.17 bits per heavy atom. The van der Waals surface area contributed by atoms with Crippen LogP contribution >= 0.6 is 0 Å². The molecule has 1 aromatic heterocycles. The van der Waals surface area contributed by atoms with Crippen LogP contribution in [0, 0.1) is 0 Å². The molecule has 0 spiro atoms. The van der Waals surface area contributed by atoms with Crippen molar-refractivity contribution in [3.05, 3.63) is 30.5 Å². The molecule has 7 heteroatoms. The Morgan fingerprint density at radius 3 is 2.57 bits per heavy atom. The number of hydrogen-bond donors (Lipinski definition) is 1. The lowest BCUT2D eigenvalue weighted by atomic mass is 10.0. The fraction of sp³-hybridized carbons (Fsp3) is 0.562.